The number of furan rings is 1. The quantitative estimate of drug-likeness (QED) is 0.580. The van der Waals surface area contributed by atoms with Gasteiger partial charge in [-0.25, -0.2) is 4.79 Å². The Morgan fingerprint density at radius 1 is 1.24 bits per heavy atom. The summed E-state index contributed by atoms with van der Waals surface area (Å²) in [6.07, 6.45) is 3.55. The number of carbonyl (C=O) groups is 2. The fraction of sp³-hybridized carbons (Fsp3) is 0.300. The van der Waals surface area contributed by atoms with Crippen LogP contribution in [0.1, 0.15) is 24.2 Å². The van der Waals surface area contributed by atoms with Crippen molar-refractivity contribution in [2.45, 2.75) is 37.5 Å². The van der Waals surface area contributed by atoms with Crippen molar-refractivity contribution in [3.63, 3.8) is 0 Å². The van der Waals surface area contributed by atoms with Gasteiger partial charge in [0.2, 0.25) is 5.91 Å². The van der Waals surface area contributed by atoms with Gasteiger partial charge in [0.1, 0.15) is 5.76 Å². The SMILES string of the molecule is Cc1cccc(-c2nnc(SCC(=O)NC(=O)NC3CC3)n2Cc2ccco2)c1. The molecule has 0 unspecified atom stereocenters. The number of benzene rings is 1. The third kappa shape index (κ3) is 5.05. The van der Waals surface area contributed by atoms with E-state index in [4.69, 9.17) is 4.42 Å². The fourth-order valence-electron chi connectivity index (χ4n) is 2.84. The van der Waals surface area contributed by atoms with Gasteiger partial charge in [0.05, 0.1) is 18.6 Å². The largest absolute Gasteiger partial charge is 0.467 e. The second-order valence-corrected chi connectivity index (χ2v) is 7.87. The summed E-state index contributed by atoms with van der Waals surface area (Å²) in [7, 11) is 0. The molecule has 2 aromatic heterocycles. The molecule has 1 saturated carbocycles. The Morgan fingerprint density at radius 3 is 2.83 bits per heavy atom. The van der Waals surface area contributed by atoms with E-state index in [1.165, 1.54) is 11.8 Å². The van der Waals surface area contributed by atoms with E-state index in [1.807, 2.05) is 47.9 Å². The van der Waals surface area contributed by atoms with Crippen LogP contribution >= 0.6 is 11.8 Å². The van der Waals surface area contributed by atoms with Crippen molar-refractivity contribution in [2.24, 2.45) is 0 Å². The Hall–Kier alpha value is -3.07. The third-order valence-electron chi connectivity index (χ3n) is 4.39. The van der Waals surface area contributed by atoms with Gasteiger partial charge in [0, 0.05) is 11.6 Å². The van der Waals surface area contributed by atoms with Crippen LogP contribution < -0.4 is 10.6 Å². The lowest BCUT2D eigenvalue weighted by molar-refractivity contribution is -0.117. The monoisotopic (exact) mass is 411 g/mol. The van der Waals surface area contributed by atoms with Crippen LogP contribution in [0.15, 0.2) is 52.2 Å². The standard InChI is InChI=1S/C20H21N5O3S/c1-13-4-2-5-14(10-13)18-23-24-20(25(18)11-16-6-3-9-28-16)29-12-17(26)22-19(27)21-15-7-8-15/h2-6,9-10,15H,7-8,11-12H2,1H3,(H2,21,22,26,27). The normalized spacial score (nSPS) is 13.3. The minimum Gasteiger partial charge on any atom is -0.467 e. The van der Waals surface area contributed by atoms with Gasteiger partial charge in [-0.3, -0.25) is 14.7 Å². The highest BCUT2D eigenvalue weighted by atomic mass is 32.2. The van der Waals surface area contributed by atoms with Gasteiger partial charge in [-0.05, 0) is 38.0 Å². The molecule has 0 bridgehead atoms. The molecule has 150 valence electrons. The van der Waals surface area contributed by atoms with Crippen molar-refractivity contribution in [3.05, 3.63) is 54.0 Å². The summed E-state index contributed by atoms with van der Waals surface area (Å²) in [6.45, 7) is 2.46. The molecule has 0 aliphatic heterocycles. The van der Waals surface area contributed by atoms with Gasteiger partial charge in [-0.1, -0.05) is 35.5 Å². The van der Waals surface area contributed by atoms with E-state index < -0.39 is 6.03 Å². The van der Waals surface area contributed by atoms with Crippen molar-refractivity contribution in [1.29, 1.82) is 0 Å². The predicted octanol–water partition coefficient (Wildman–Crippen LogP) is 2.98. The fourth-order valence-corrected chi connectivity index (χ4v) is 3.57. The number of hydrogen-bond acceptors (Lipinski definition) is 6. The molecule has 1 aliphatic rings. The average molecular weight is 411 g/mol. The van der Waals surface area contributed by atoms with Gasteiger partial charge < -0.3 is 9.73 Å². The van der Waals surface area contributed by atoms with Crippen molar-refractivity contribution >= 4 is 23.7 Å². The lowest BCUT2D eigenvalue weighted by Gasteiger charge is -2.09. The summed E-state index contributed by atoms with van der Waals surface area (Å²) in [6, 6.07) is 11.4. The maximum Gasteiger partial charge on any atom is 0.321 e. The third-order valence-corrected chi connectivity index (χ3v) is 5.35. The number of urea groups is 1. The molecule has 2 N–H and O–H groups in total. The number of aromatic nitrogens is 3. The first-order chi connectivity index (χ1) is 14.1. The molecule has 3 aromatic rings. The smallest absolute Gasteiger partial charge is 0.321 e. The van der Waals surface area contributed by atoms with Gasteiger partial charge in [0.25, 0.3) is 0 Å². The molecule has 1 aliphatic carbocycles. The molecule has 1 fully saturated rings. The van der Waals surface area contributed by atoms with Gasteiger partial charge in [0.15, 0.2) is 11.0 Å². The van der Waals surface area contributed by atoms with Crippen molar-refractivity contribution in [3.8, 4) is 11.4 Å². The van der Waals surface area contributed by atoms with Crippen LogP contribution in [0.5, 0.6) is 0 Å². The Balaban J connectivity index is 1.49. The van der Waals surface area contributed by atoms with E-state index in [1.54, 1.807) is 6.26 Å². The molecule has 2 heterocycles. The van der Waals surface area contributed by atoms with Crippen molar-refractivity contribution in [2.75, 3.05) is 5.75 Å². The first kappa shape index (κ1) is 19.3. The highest BCUT2D eigenvalue weighted by Gasteiger charge is 2.24. The predicted molar refractivity (Wildman–Crippen MR) is 108 cm³/mol. The molecule has 0 saturated heterocycles. The lowest BCUT2D eigenvalue weighted by Crippen LogP contribution is -2.41. The van der Waals surface area contributed by atoms with E-state index in [2.05, 4.69) is 20.8 Å². The zero-order valence-corrected chi connectivity index (χ0v) is 16.7. The molecular weight excluding hydrogens is 390 g/mol. The Morgan fingerprint density at radius 2 is 2.10 bits per heavy atom. The Bertz CT molecular complexity index is 1010. The zero-order valence-electron chi connectivity index (χ0n) is 15.9. The van der Waals surface area contributed by atoms with E-state index in [9.17, 15) is 9.59 Å². The highest BCUT2D eigenvalue weighted by Crippen LogP contribution is 2.26. The number of nitrogens with zero attached hydrogens (tertiary/aromatic N) is 3. The maximum absolute atomic E-state index is 12.1. The highest BCUT2D eigenvalue weighted by molar-refractivity contribution is 7.99. The zero-order chi connectivity index (χ0) is 20.2. The summed E-state index contributed by atoms with van der Waals surface area (Å²) >= 11 is 1.23. The van der Waals surface area contributed by atoms with Gasteiger partial charge in [-0.15, -0.1) is 10.2 Å². The maximum atomic E-state index is 12.1. The number of carbonyl (C=O) groups excluding carboxylic acids is 2. The van der Waals surface area contributed by atoms with Crippen LogP contribution in [0.25, 0.3) is 11.4 Å². The second-order valence-electron chi connectivity index (χ2n) is 6.93. The van der Waals surface area contributed by atoms with Crippen LogP contribution in [-0.2, 0) is 11.3 Å². The molecule has 9 heteroatoms. The molecule has 29 heavy (non-hydrogen) atoms. The van der Waals surface area contributed by atoms with Crippen molar-refractivity contribution in [1.82, 2.24) is 25.4 Å². The second kappa shape index (κ2) is 8.52. The summed E-state index contributed by atoms with van der Waals surface area (Å²) < 4.78 is 7.39. The number of hydrogen-bond donors (Lipinski definition) is 2. The first-order valence-electron chi connectivity index (χ1n) is 9.34. The van der Waals surface area contributed by atoms with E-state index in [0.29, 0.717) is 17.5 Å². The minimum absolute atomic E-state index is 0.0577. The first-order valence-corrected chi connectivity index (χ1v) is 10.3. The summed E-state index contributed by atoms with van der Waals surface area (Å²) in [4.78, 5) is 23.8. The summed E-state index contributed by atoms with van der Waals surface area (Å²) in [5.41, 5.74) is 2.05. The Labute approximate surface area is 172 Å². The molecular formula is C20H21N5O3S. The van der Waals surface area contributed by atoms with Crippen LogP contribution in [-0.4, -0.2) is 38.5 Å². The van der Waals surface area contributed by atoms with E-state index >= 15 is 0 Å². The molecule has 0 atom stereocenters. The van der Waals surface area contributed by atoms with Crippen LogP contribution in [0.2, 0.25) is 0 Å². The number of rotatable bonds is 7. The van der Waals surface area contributed by atoms with Crippen LogP contribution in [0, 0.1) is 6.92 Å². The summed E-state index contributed by atoms with van der Waals surface area (Å²) in [5, 5.41) is 14.3. The van der Waals surface area contributed by atoms with E-state index in [0.717, 1.165) is 29.7 Å². The molecule has 3 amide bonds. The lowest BCUT2D eigenvalue weighted by atomic mass is 10.1. The summed E-state index contributed by atoms with van der Waals surface area (Å²) in [5.74, 6) is 1.13. The van der Waals surface area contributed by atoms with Gasteiger partial charge in [-0.2, -0.15) is 0 Å². The number of thioether (sulfide) groups is 1. The van der Waals surface area contributed by atoms with E-state index in [-0.39, 0.29) is 17.7 Å². The molecule has 8 nitrogen and oxygen atoms in total. The number of amides is 3. The minimum atomic E-state index is -0.449. The van der Waals surface area contributed by atoms with Crippen LogP contribution in [0.3, 0.4) is 0 Å². The number of imide groups is 1. The number of aryl methyl sites for hydroxylation is 1. The molecule has 1 aromatic carbocycles. The molecule has 0 spiro atoms. The Kier molecular flexibility index (Phi) is 5.66. The topological polar surface area (TPSA) is 102 Å². The number of nitrogens with one attached hydrogen (secondary N) is 2. The molecule has 0 radical (unpaired) electrons. The van der Waals surface area contributed by atoms with Crippen LogP contribution in [0.4, 0.5) is 4.79 Å². The van der Waals surface area contributed by atoms with Gasteiger partial charge >= 0.3 is 6.03 Å². The van der Waals surface area contributed by atoms with Crippen molar-refractivity contribution < 1.29 is 14.0 Å². The average Bonchev–Trinajstić information content (AvgIpc) is 3.19. The molecule has 4 rings (SSSR count).